The van der Waals surface area contributed by atoms with Gasteiger partial charge in [-0.05, 0) is 31.5 Å². The SMILES string of the molecule is Cc1nn(Cc2ccccc2)c(C)c1C(=O)Nc1cc(Cl)c(N)c(Cl)c1. The van der Waals surface area contributed by atoms with Gasteiger partial charge in [0.1, 0.15) is 0 Å². The molecule has 0 saturated heterocycles. The van der Waals surface area contributed by atoms with E-state index in [1.54, 1.807) is 12.1 Å². The summed E-state index contributed by atoms with van der Waals surface area (Å²) in [6.45, 7) is 4.29. The van der Waals surface area contributed by atoms with Gasteiger partial charge in [0.05, 0.1) is 33.5 Å². The highest BCUT2D eigenvalue weighted by Crippen LogP contribution is 2.31. The van der Waals surface area contributed by atoms with Crippen molar-refractivity contribution in [2.45, 2.75) is 20.4 Å². The van der Waals surface area contributed by atoms with E-state index in [1.165, 1.54) is 0 Å². The van der Waals surface area contributed by atoms with Crippen LogP contribution in [-0.4, -0.2) is 15.7 Å². The summed E-state index contributed by atoms with van der Waals surface area (Å²) in [4.78, 5) is 12.7. The Morgan fingerprint density at radius 2 is 1.77 bits per heavy atom. The largest absolute Gasteiger partial charge is 0.396 e. The predicted octanol–water partition coefficient (Wildman–Crippen LogP) is 4.69. The van der Waals surface area contributed by atoms with E-state index in [-0.39, 0.29) is 11.6 Å². The minimum Gasteiger partial charge on any atom is -0.396 e. The second-order valence-corrected chi connectivity index (χ2v) is 6.81. The van der Waals surface area contributed by atoms with Crippen molar-refractivity contribution in [3.63, 3.8) is 0 Å². The van der Waals surface area contributed by atoms with Crippen LogP contribution in [0, 0.1) is 13.8 Å². The molecule has 1 amide bonds. The molecule has 3 N–H and O–H groups in total. The van der Waals surface area contributed by atoms with E-state index in [0.717, 1.165) is 11.3 Å². The van der Waals surface area contributed by atoms with Gasteiger partial charge in [0.25, 0.3) is 5.91 Å². The van der Waals surface area contributed by atoms with Crippen LogP contribution in [0.4, 0.5) is 11.4 Å². The first kappa shape index (κ1) is 18.3. The van der Waals surface area contributed by atoms with Gasteiger partial charge in [-0.1, -0.05) is 53.5 Å². The van der Waals surface area contributed by atoms with Gasteiger partial charge in [-0.2, -0.15) is 5.10 Å². The number of hydrogen-bond acceptors (Lipinski definition) is 3. The van der Waals surface area contributed by atoms with Gasteiger partial charge < -0.3 is 11.1 Å². The Morgan fingerprint density at radius 3 is 2.38 bits per heavy atom. The third kappa shape index (κ3) is 3.69. The highest BCUT2D eigenvalue weighted by molar-refractivity contribution is 6.39. The zero-order valence-electron chi connectivity index (χ0n) is 14.4. The van der Waals surface area contributed by atoms with Crippen molar-refractivity contribution in [2.24, 2.45) is 0 Å². The molecule has 0 aliphatic rings. The van der Waals surface area contributed by atoms with Crippen molar-refractivity contribution in [1.82, 2.24) is 9.78 Å². The van der Waals surface area contributed by atoms with E-state index in [9.17, 15) is 4.79 Å². The lowest BCUT2D eigenvalue weighted by Crippen LogP contribution is -2.14. The average molecular weight is 389 g/mol. The molecule has 1 aromatic heterocycles. The second-order valence-electron chi connectivity index (χ2n) is 6.00. The Kier molecular flexibility index (Phi) is 5.20. The number of benzene rings is 2. The van der Waals surface area contributed by atoms with Crippen LogP contribution in [0.25, 0.3) is 0 Å². The number of nitrogens with one attached hydrogen (secondary N) is 1. The standard InChI is InChI=1S/C19H18Cl2N4O/c1-11-17(12(2)25(24-11)10-13-6-4-3-5-7-13)19(26)23-14-8-15(20)18(22)16(21)9-14/h3-9H,10,22H2,1-2H3,(H,23,26). The molecule has 0 saturated carbocycles. The fourth-order valence-corrected chi connectivity index (χ4v) is 3.27. The van der Waals surface area contributed by atoms with E-state index in [1.807, 2.05) is 48.9 Å². The maximum atomic E-state index is 12.7. The molecule has 0 radical (unpaired) electrons. The number of carbonyl (C=O) groups excluding carboxylic acids is 1. The average Bonchev–Trinajstić information content (AvgIpc) is 2.87. The topological polar surface area (TPSA) is 72.9 Å². The van der Waals surface area contributed by atoms with Crippen molar-refractivity contribution in [2.75, 3.05) is 11.1 Å². The fourth-order valence-electron chi connectivity index (χ4n) is 2.79. The van der Waals surface area contributed by atoms with Crippen molar-refractivity contribution in [3.8, 4) is 0 Å². The Bertz CT molecular complexity index is 944. The maximum absolute atomic E-state index is 12.7. The number of nitrogens with two attached hydrogens (primary N) is 1. The Balaban J connectivity index is 1.86. The quantitative estimate of drug-likeness (QED) is 0.636. The normalized spacial score (nSPS) is 10.8. The van der Waals surface area contributed by atoms with E-state index in [0.29, 0.717) is 33.5 Å². The van der Waals surface area contributed by atoms with Gasteiger partial charge in [-0.3, -0.25) is 9.48 Å². The van der Waals surface area contributed by atoms with Crippen molar-refractivity contribution in [1.29, 1.82) is 0 Å². The highest BCUT2D eigenvalue weighted by atomic mass is 35.5. The number of nitrogens with zero attached hydrogens (tertiary/aromatic N) is 2. The molecule has 7 heteroatoms. The highest BCUT2D eigenvalue weighted by Gasteiger charge is 2.19. The molecule has 5 nitrogen and oxygen atoms in total. The van der Waals surface area contributed by atoms with E-state index >= 15 is 0 Å². The molecule has 3 aromatic rings. The summed E-state index contributed by atoms with van der Waals surface area (Å²) in [5, 5.41) is 7.90. The number of rotatable bonds is 4. The molecule has 0 fully saturated rings. The molecule has 0 unspecified atom stereocenters. The third-order valence-electron chi connectivity index (χ3n) is 4.12. The summed E-state index contributed by atoms with van der Waals surface area (Å²) in [5.41, 5.74) is 9.58. The predicted molar refractivity (Wildman–Crippen MR) is 106 cm³/mol. The molecule has 0 aliphatic heterocycles. The number of nitrogen functional groups attached to an aromatic ring is 1. The summed E-state index contributed by atoms with van der Waals surface area (Å²) in [6.07, 6.45) is 0. The van der Waals surface area contributed by atoms with Crippen LogP contribution in [0.2, 0.25) is 10.0 Å². The summed E-state index contributed by atoms with van der Waals surface area (Å²) < 4.78 is 1.82. The van der Waals surface area contributed by atoms with Crippen LogP contribution in [0.3, 0.4) is 0 Å². The number of anilines is 2. The van der Waals surface area contributed by atoms with Crippen LogP contribution in [0.1, 0.15) is 27.3 Å². The minimum absolute atomic E-state index is 0.267. The molecule has 0 aliphatic carbocycles. The first-order chi connectivity index (χ1) is 12.4. The molecule has 2 aromatic carbocycles. The molecule has 3 rings (SSSR count). The molecular weight excluding hydrogens is 371 g/mol. The Morgan fingerprint density at radius 1 is 1.15 bits per heavy atom. The monoisotopic (exact) mass is 388 g/mol. The number of hydrogen-bond donors (Lipinski definition) is 2. The summed E-state index contributed by atoms with van der Waals surface area (Å²) >= 11 is 12.1. The van der Waals surface area contributed by atoms with Gasteiger partial charge in [-0.25, -0.2) is 0 Å². The molecule has 1 heterocycles. The molecular formula is C19H18Cl2N4O. The van der Waals surface area contributed by atoms with Gasteiger partial charge in [0, 0.05) is 11.4 Å². The lowest BCUT2D eigenvalue weighted by atomic mass is 10.1. The van der Waals surface area contributed by atoms with Gasteiger partial charge in [0.2, 0.25) is 0 Å². The number of aryl methyl sites for hydroxylation is 1. The lowest BCUT2D eigenvalue weighted by molar-refractivity contribution is 0.102. The molecule has 0 atom stereocenters. The minimum atomic E-state index is -0.267. The van der Waals surface area contributed by atoms with Gasteiger partial charge >= 0.3 is 0 Å². The first-order valence-electron chi connectivity index (χ1n) is 8.00. The van der Waals surface area contributed by atoms with Crippen LogP contribution in [-0.2, 0) is 6.54 Å². The van der Waals surface area contributed by atoms with Crippen molar-refractivity contribution in [3.05, 3.63) is 75.0 Å². The first-order valence-corrected chi connectivity index (χ1v) is 8.76. The molecule has 0 spiro atoms. The Labute approximate surface area is 161 Å². The van der Waals surface area contributed by atoms with Crippen molar-refractivity contribution < 1.29 is 4.79 Å². The number of carbonyl (C=O) groups is 1. The van der Waals surface area contributed by atoms with E-state index in [4.69, 9.17) is 28.9 Å². The van der Waals surface area contributed by atoms with Gasteiger partial charge in [0.15, 0.2) is 0 Å². The maximum Gasteiger partial charge on any atom is 0.259 e. The van der Waals surface area contributed by atoms with Crippen LogP contribution in [0.15, 0.2) is 42.5 Å². The van der Waals surface area contributed by atoms with Crippen molar-refractivity contribution >= 4 is 40.5 Å². The van der Waals surface area contributed by atoms with Crippen LogP contribution in [0.5, 0.6) is 0 Å². The summed E-state index contributed by atoms with van der Waals surface area (Å²) in [7, 11) is 0. The molecule has 134 valence electrons. The summed E-state index contributed by atoms with van der Waals surface area (Å²) in [6, 6.07) is 13.1. The fraction of sp³-hybridized carbons (Fsp3) is 0.158. The van der Waals surface area contributed by atoms with Gasteiger partial charge in [-0.15, -0.1) is 0 Å². The molecule has 0 bridgehead atoms. The zero-order valence-corrected chi connectivity index (χ0v) is 15.9. The number of aromatic nitrogens is 2. The van der Waals surface area contributed by atoms with E-state index in [2.05, 4.69) is 10.4 Å². The summed E-state index contributed by atoms with van der Waals surface area (Å²) in [5.74, 6) is -0.267. The third-order valence-corrected chi connectivity index (χ3v) is 4.75. The van der Waals surface area contributed by atoms with Crippen LogP contribution >= 0.6 is 23.2 Å². The number of halogens is 2. The van der Waals surface area contributed by atoms with E-state index < -0.39 is 0 Å². The Hall–Kier alpha value is -2.50. The smallest absolute Gasteiger partial charge is 0.259 e. The zero-order chi connectivity index (χ0) is 18.8. The molecule has 26 heavy (non-hydrogen) atoms. The van der Waals surface area contributed by atoms with Crippen LogP contribution < -0.4 is 11.1 Å². The number of amides is 1. The second kappa shape index (κ2) is 7.40. The lowest BCUT2D eigenvalue weighted by Gasteiger charge is -2.09.